The summed E-state index contributed by atoms with van der Waals surface area (Å²) in [5, 5.41) is 12.2. The molecule has 1 aromatic carbocycles. The third-order valence-corrected chi connectivity index (χ3v) is 4.29. The van der Waals surface area contributed by atoms with Gasteiger partial charge in [0.1, 0.15) is 17.3 Å². The summed E-state index contributed by atoms with van der Waals surface area (Å²) in [6.07, 6.45) is 0.529. The van der Waals surface area contributed by atoms with Gasteiger partial charge in [-0.05, 0) is 36.8 Å². The van der Waals surface area contributed by atoms with E-state index in [-0.39, 0.29) is 23.2 Å². The Morgan fingerprint density at radius 3 is 2.59 bits per heavy atom. The van der Waals surface area contributed by atoms with Crippen LogP contribution in [-0.2, 0) is 11.2 Å². The summed E-state index contributed by atoms with van der Waals surface area (Å²) in [5.74, 6) is -2.43. The molecule has 3 rings (SSSR count). The second-order valence-corrected chi connectivity index (χ2v) is 6.13. The van der Waals surface area contributed by atoms with Gasteiger partial charge in [-0.2, -0.15) is 0 Å². The number of halogens is 2. The topological polar surface area (TPSA) is 75.9 Å². The summed E-state index contributed by atoms with van der Waals surface area (Å²) in [5.41, 5.74) is 1.36. The molecule has 2 N–H and O–H groups in total. The molecule has 0 fully saturated rings. The van der Waals surface area contributed by atoms with Gasteiger partial charge in [0.05, 0.1) is 17.0 Å². The standard InChI is InChI=1S/C19H19F2N3O3/c1-10-4-5-24-14(9-16(25)27-3)18(23-15(24)6-10)17-12(20)7-11(8-13(17)21)19(26)22-2/h4-8,16,25H,9H2,1-3H3,(H,22,26). The lowest BCUT2D eigenvalue weighted by atomic mass is 10.0. The Morgan fingerprint density at radius 2 is 2.00 bits per heavy atom. The number of amides is 1. The number of benzene rings is 1. The van der Waals surface area contributed by atoms with Crippen molar-refractivity contribution in [3.63, 3.8) is 0 Å². The number of pyridine rings is 1. The van der Waals surface area contributed by atoms with Crippen LogP contribution in [0.1, 0.15) is 21.6 Å². The number of aryl methyl sites for hydroxylation is 1. The molecule has 0 saturated carbocycles. The van der Waals surface area contributed by atoms with E-state index >= 15 is 0 Å². The van der Waals surface area contributed by atoms with Crippen LogP contribution in [0.2, 0.25) is 0 Å². The maximum absolute atomic E-state index is 14.7. The maximum atomic E-state index is 14.7. The number of hydrogen-bond donors (Lipinski definition) is 2. The Labute approximate surface area is 154 Å². The second kappa shape index (κ2) is 7.42. The van der Waals surface area contributed by atoms with Crippen molar-refractivity contribution in [3.8, 4) is 11.3 Å². The molecule has 3 aromatic rings. The third kappa shape index (κ3) is 3.54. The zero-order valence-electron chi connectivity index (χ0n) is 15.1. The van der Waals surface area contributed by atoms with Crippen LogP contribution in [-0.4, -0.2) is 40.8 Å². The van der Waals surface area contributed by atoms with Crippen molar-refractivity contribution in [2.24, 2.45) is 0 Å². The predicted molar refractivity (Wildman–Crippen MR) is 95.4 cm³/mol. The molecule has 1 amide bonds. The average molecular weight is 375 g/mol. The summed E-state index contributed by atoms with van der Waals surface area (Å²) < 4.78 is 36.0. The minimum Gasteiger partial charge on any atom is -0.368 e. The smallest absolute Gasteiger partial charge is 0.251 e. The van der Waals surface area contributed by atoms with Crippen molar-refractivity contribution in [1.82, 2.24) is 14.7 Å². The number of aliphatic hydroxyl groups is 1. The molecule has 2 heterocycles. The summed E-state index contributed by atoms with van der Waals surface area (Å²) in [6, 6.07) is 5.51. The highest BCUT2D eigenvalue weighted by Gasteiger charge is 2.24. The summed E-state index contributed by atoms with van der Waals surface area (Å²) in [6.45, 7) is 1.87. The summed E-state index contributed by atoms with van der Waals surface area (Å²) in [4.78, 5) is 16.0. The molecule has 142 valence electrons. The quantitative estimate of drug-likeness (QED) is 0.672. The lowest BCUT2D eigenvalue weighted by Crippen LogP contribution is -2.18. The fourth-order valence-electron chi connectivity index (χ4n) is 2.92. The Kier molecular flexibility index (Phi) is 5.20. The Morgan fingerprint density at radius 1 is 1.33 bits per heavy atom. The first-order chi connectivity index (χ1) is 12.8. The number of imidazole rings is 1. The first-order valence-electron chi connectivity index (χ1n) is 8.25. The van der Waals surface area contributed by atoms with E-state index in [0.29, 0.717) is 11.3 Å². The van der Waals surface area contributed by atoms with Crippen LogP contribution in [0.3, 0.4) is 0 Å². The number of fused-ring (bicyclic) bond motifs is 1. The normalized spacial score (nSPS) is 12.4. The van der Waals surface area contributed by atoms with Crippen LogP contribution in [0.15, 0.2) is 30.5 Å². The highest BCUT2D eigenvalue weighted by Crippen LogP contribution is 2.31. The van der Waals surface area contributed by atoms with Crippen molar-refractivity contribution in [2.45, 2.75) is 19.6 Å². The molecule has 0 aliphatic heterocycles. The van der Waals surface area contributed by atoms with Crippen LogP contribution in [0.4, 0.5) is 8.78 Å². The molecule has 0 aliphatic carbocycles. The van der Waals surface area contributed by atoms with Crippen molar-refractivity contribution in [1.29, 1.82) is 0 Å². The van der Waals surface area contributed by atoms with Crippen molar-refractivity contribution < 1.29 is 23.4 Å². The number of carbonyl (C=O) groups excluding carboxylic acids is 1. The molecule has 0 spiro atoms. The van der Waals surface area contributed by atoms with Crippen LogP contribution >= 0.6 is 0 Å². The molecule has 27 heavy (non-hydrogen) atoms. The van der Waals surface area contributed by atoms with Gasteiger partial charge in [0.15, 0.2) is 6.29 Å². The van der Waals surface area contributed by atoms with E-state index in [0.717, 1.165) is 17.7 Å². The van der Waals surface area contributed by atoms with Crippen LogP contribution in [0, 0.1) is 18.6 Å². The monoisotopic (exact) mass is 375 g/mol. The van der Waals surface area contributed by atoms with Gasteiger partial charge >= 0.3 is 0 Å². The largest absolute Gasteiger partial charge is 0.368 e. The Balaban J connectivity index is 2.24. The maximum Gasteiger partial charge on any atom is 0.251 e. The van der Waals surface area contributed by atoms with E-state index in [1.54, 1.807) is 16.7 Å². The first-order valence-corrected chi connectivity index (χ1v) is 8.25. The lowest BCUT2D eigenvalue weighted by molar-refractivity contribution is -0.0726. The molecule has 0 saturated heterocycles. The summed E-state index contributed by atoms with van der Waals surface area (Å²) >= 11 is 0. The molecule has 8 heteroatoms. The number of nitrogens with zero attached hydrogens (tertiary/aromatic N) is 2. The zero-order chi connectivity index (χ0) is 19.7. The number of ether oxygens (including phenoxy) is 1. The Hall–Kier alpha value is -2.84. The SMILES string of the molecule is CNC(=O)c1cc(F)c(-c2nc3cc(C)ccn3c2CC(O)OC)c(F)c1. The summed E-state index contributed by atoms with van der Waals surface area (Å²) in [7, 11) is 2.71. The number of nitrogens with one attached hydrogen (secondary N) is 1. The minimum absolute atomic E-state index is 0.0217. The Bertz CT molecular complexity index is 994. The number of carbonyl (C=O) groups is 1. The van der Waals surface area contributed by atoms with E-state index < -0.39 is 23.8 Å². The van der Waals surface area contributed by atoms with E-state index in [1.165, 1.54) is 14.2 Å². The fraction of sp³-hybridized carbons (Fsp3) is 0.263. The van der Waals surface area contributed by atoms with Gasteiger partial charge in [0.2, 0.25) is 0 Å². The molecule has 0 bridgehead atoms. The van der Waals surface area contributed by atoms with Crippen LogP contribution in [0.25, 0.3) is 16.9 Å². The van der Waals surface area contributed by atoms with Crippen LogP contribution < -0.4 is 5.32 Å². The highest BCUT2D eigenvalue weighted by atomic mass is 19.1. The van der Waals surface area contributed by atoms with Crippen molar-refractivity contribution >= 4 is 11.6 Å². The number of aromatic nitrogens is 2. The number of hydrogen-bond acceptors (Lipinski definition) is 4. The van der Waals surface area contributed by atoms with E-state index in [1.807, 2.05) is 13.0 Å². The minimum atomic E-state index is -1.17. The molecule has 1 unspecified atom stereocenters. The van der Waals surface area contributed by atoms with Crippen LogP contribution in [0.5, 0.6) is 0 Å². The predicted octanol–water partition coefficient (Wildman–Crippen LogP) is 2.45. The second-order valence-electron chi connectivity index (χ2n) is 6.13. The third-order valence-electron chi connectivity index (χ3n) is 4.29. The molecular weight excluding hydrogens is 356 g/mol. The van der Waals surface area contributed by atoms with Gasteiger partial charge in [0.25, 0.3) is 5.91 Å². The van der Waals surface area contributed by atoms with E-state index in [9.17, 15) is 18.7 Å². The number of aliphatic hydroxyl groups excluding tert-OH is 1. The molecule has 1 atom stereocenters. The van der Waals surface area contributed by atoms with Crippen molar-refractivity contribution in [3.05, 3.63) is 58.9 Å². The lowest BCUT2D eigenvalue weighted by Gasteiger charge is -2.12. The highest BCUT2D eigenvalue weighted by molar-refractivity contribution is 5.94. The van der Waals surface area contributed by atoms with Gasteiger partial charge < -0.3 is 19.6 Å². The average Bonchev–Trinajstić information content (AvgIpc) is 2.97. The zero-order valence-corrected chi connectivity index (χ0v) is 15.1. The van der Waals surface area contributed by atoms with Gasteiger partial charge in [0, 0.05) is 32.3 Å². The number of rotatable bonds is 5. The van der Waals surface area contributed by atoms with E-state index in [2.05, 4.69) is 10.3 Å². The fourth-order valence-corrected chi connectivity index (χ4v) is 2.92. The molecule has 0 radical (unpaired) electrons. The molecule has 0 aliphatic rings. The van der Waals surface area contributed by atoms with Gasteiger partial charge in [-0.25, -0.2) is 13.8 Å². The van der Waals surface area contributed by atoms with Gasteiger partial charge in [-0.1, -0.05) is 0 Å². The van der Waals surface area contributed by atoms with Crippen molar-refractivity contribution in [2.75, 3.05) is 14.2 Å². The van der Waals surface area contributed by atoms with Gasteiger partial charge in [-0.15, -0.1) is 0 Å². The number of methoxy groups -OCH3 is 1. The molecular formula is C19H19F2N3O3. The van der Waals surface area contributed by atoms with E-state index in [4.69, 9.17) is 4.74 Å². The van der Waals surface area contributed by atoms with Gasteiger partial charge in [-0.3, -0.25) is 4.79 Å². The molecule has 6 nitrogen and oxygen atoms in total. The molecule has 2 aromatic heterocycles. The first kappa shape index (κ1) is 18.9.